The van der Waals surface area contributed by atoms with Gasteiger partial charge < -0.3 is 9.47 Å². The molecule has 0 aromatic heterocycles. The van der Waals surface area contributed by atoms with Gasteiger partial charge in [-0.15, -0.1) is 0 Å². The van der Waals surface area contributed by atoms with Crippen molar-refractivity contribution in [2.45, 2.75) is 12.5 Å². The van der Waals surface area contributed by atoms with Crippen molar-refractivity contribution in [1.82, 2.24) is 0 Å². The van der Waals surface area contributed by atoms with Gasteiger partial charge in [0, 0.05) is 5.92 Å². The van der Waals surface area contributed by atoms with Crippen LogP contribution in [0.15, 0.2) is 18.2 Å². The maximum absolute atomic E-state index is 13.4. The van der Waals surface area contributed by atoms with E-state index in [1.807, 2.05) is 6.07 Å². The third kappa shape index (κ3) is 1.21. The number of para-hydroxylation sites is 1. The minimum absolute atomic E-state index is 0.0341. The normalized spacial score (nSPS) is 27.7. The number of hydrogen-bond acceptors (Lipinski definition) is 3. The Bertz CT molecular complexity index is 430. The molecule has 78 valence electrons. The summed E-state index contributed by atoms with van der Waals surface area (Å²) in [6.07, 6.45) is 0.0261. The summed E-state index contributed by atoms with van der Waals surface area (Å²) < 4.78 is 23.6. The zero-order valence-electron chi connectivity index (χ0n) is 7.90. The lowest BCUT2D eigenvalue weighted by Gasteiger charge is -2.25. The number of cyclic esters (lactones) is 1. The van der Waals surface area contributed by atoms with Crippen LogP contribution >= 0.6 is 0 Å². The van der Waals surface area contributed by atoms with Crippen LogP contribution in [0.25, 0.3) is 0 Å². The molecule has 4 heteroatoms. The molecule has 0 N–H and O–H groups in total. The average Bonchev–Trinajstić information content (AvgIpc) is 2.59. The lowest BCUT2D eigenvalue weighted by molar-refractivity contribution is -0.143. The van der Waals surface area contributed by atoms with Crippen LogP contribution in [0.3, 0.4) is 0 Å². The number of carbonyl (C=O) groups excluding carboxylic acids is 1. The number of carbonyl (C=O) groups is 1. The number of ether oxygens (including phenoxy) is 2. The second-order valence-corrected chi connectivity index (χ2v) is 3.86. The molecule has 2 heterocycles. The molecule has 0 spiro atoms. The largest absolute Gasteiger partial charge is 0.475 e. The highest BCUT2D eigenvalue weighted by molar-refractivity contribution is 5.78. The standard InChI is InChI=1S/C11H9FO3/c12-8-3-1-2-6-4-7-5-14-11(13)10(7)15-9(6)8/h1-3,7,10H,4-5H2/t7-,10-/m1/s1. The van der Waals surface area contributed by atoms with E-state index in [0.717, 1.165) is 5.56 Å². The van der Waals surface area contributed by atoms with Crippen LogP contribution in [0.4, 0.5) is 4.39 Å². The summed E-state index contributed by atoms with van der Waals surface area (Å²) in [5.74, 6) is -0.552. The fourth-order valence-electron chi connectivity index (χ4n) is 2.12. The minimum atomic E-state index is -0.616. The fourth-order valence-corrected chi connectivity index (χ4v) is 2.12. The quantitative estimate of drug-likeness (QED) is 0.603. The molecule has 1 saturated heterocycles. The van der Waals surface area contributed by atoms with Gasteiger partial charge in [0.15, 0.2) is 11.6 Å². The first-order valence-corrected chi connectivity index (χ1v) is 4.86. The van der Waals surface area contributed by atoms with E-state index >= 15 is 0 Å². The summed E-state index contributed by atoms with van der Waals surface area (Å²) in [5, 5.41) is 0. The maximum atomic E-state index is 13.4. The number of benzene rings is 1. The fraction of sp³-hybridized carbons (Fsp3) is 0.364. The van der Waals surface area contributed by atoms with E-state index in [9.17, 15) is 9.18 Å². The van der Waals surface area contributed by atoms with Crippen molar-refractivity contribution < 1.29 is 18.7 Å². The molecule has 3 rings (SSSR count). The molecule has 1 aromatic rings. The van der Waals surface area contributed by atoms with E-state index in [-0.39, 0.29) is 17.6 Å². The molecule has 1 fully saturated rings. The van der Waals surface area contributed by atoms with E-state index < -0.39 is 11.9 Å². The molecule has 2 atom stereocenters. The first-order valence-electron chi connectivity index (χ1n) is 4.86. The Kier molecular flexibility index (Phi) is 1.71. The highest BCUT2D eigenvalue weighted by atomic mass is 19.1. The Labute approximate surface area is 85.8 Å². The lowest BCUT2D eigenvalue weighted by atomic mass is 9.93. The van der Waals surface area contributed by atoms with Gasteiger partial charge in [0.25, 0.3) is 0 Å². The van der Waals surface area contributed by atoms with Crippen molar-refractivity contribution in [2.24, 2.45) is 5.92 Å². The monoisotopic (exact) mass is 208 g/mol. The Morgan fingerprint density at radius 3 is 3.13 bits per heavy atom. The van der Waals surface area contributed by atoms with Gasteiger partial charge in [0.2, 0.25) is 6.10 Å². The minimum Gasteiger partial charge on any atom is -0.475 e. The maximum Gasteiger partial charge on any atom is 0.347 e. The highest BCUT2D eigenvalue weighted by Gasteiger charge is 2.43. The van der Waals surface area contributed by atoms with Crippen molar-refractivity contribution in [2.75, 3.05) is 6.61 Å². The molecular weight excluding hydrogens is 199 g/mol. The zero-order chi connectivity index (χ0) is 10.4. The smallest absolute Gasteiger partial charge is 0.347 e. The topological polar surface area (TPSA) is 35.5 Å². The van der Waals surface area contributed by atoms with E-state index in [0.29, 0.717) is 13.0 Å². The van der Waals surface area contributed by atoms with Crippen LogP contribution in [-0.2, 0) is 16.0 Å². The van der Waals surface area contributed by atoms with Crippen LogP contribution in [0.1, 0.15) is 5.56 Å². The molecule has 2 aliphatic heterocycles. The van der Waals surface area contributed by atoms with Gasteiger partial charge in [0.05, 0.1) is 6.61 Å². The van der Waals surface area contributed by atoms with Gasteiger partial charge in [-0.1, -0.05) is 12.1 Å². The predicted molar refractivity (Wildman–Crippen MR) is 49.0 cm³/mol. The summed E-state index contributed by atoms with van der Waals surface area (Å²) in [6, 6.07) is 4.80. The van der Waals surface area contributed by atoms with Crippen molar-refractivity contribution in [3.05, 3.63) is 29.6 Å². The second kappa shape index (κ2) is 2.95. The summed E-state index contributed by atoms with van der Waals surface area (Å²) >= 11 is 0. The first kappa shape index (κ1) is 8.71. The van der Waals surface area contributed by atoms with Crippen molar-refractivity contribution in [3.8, 4) is 5.75 Å². The third-order valence-electron chi connectivity index (χ3n) is 2.88. The molecule has 15 heavy (non-hydrogen) atoms. The Morgan fingerprint density at radius 1 is 1.40 bits per heavy atom. The van der Waals surface area contributed by atoms with E-state index in [4.69, 9.17) is 9.47 Å². The van der Waals surface area contributed by atoms with Gasteiger partial charge in [-0.05, 0) is 18.1 Å². The summed E-state index contributed by atoms with van der Waals surface area (Å²) in [6.45, 7) is 0.374. The van der Waals surface area contributed by atoms with Crippen LogP contribution in [-0.4, -0.2) is 18.7 Å². The van der Waals surface area contributed by atoms with Crippen molar-refractivity contribution in [1.29, 1.82) is 0 Å². The molecule has 0 aliphatic carbocycles. The van der Waals surface area contributed by atoms with Gasteiger partial charge in [-0.2, -0.15) is 0 Å². The van der Waals surface area contributed by atoms with E-state index in [2.05, 4.69) is 0 Å². The molecule has 1 aromatic carbocycles. The number of halogens is 1. The molecule has 0 saturated carbocycles. The zero-order valence-corrected chi connectivity index (χ0v) is 7.90. The molecular formula is C11H9FO3. The Hall–Kier alpha value is -1.58. The highest BCUT2D eigenvalue weighted by Crippen LogP contribution is 2.35. The van der Waals surface area contributed by atoms with Crippen LogP contribution in [0.2, 0.25) is 0 Å². The number of esters is 1. The van der Waals surface area contributed by atoms with Crippen molar-refractivity contribution >= 4 is 5.97 Å². The summed E-state index contributed by atoms with van der Waals surface area (Å²) in [5.41, 5.74) is 0.814. The van der Waals surface area contributed by atoms with Crippen LogP contribution in [0.5, 0.6) is 5.75 Å². The molecule has 0 unspecified atom stereocenters. The van der Waals surface area contributed by atoms with E-state index in [1.165, 1.54) is 6.07 Å². The average molecular weight is 208 g/mol. The molecule has 2 aliphatic rings. The predicted octanol–water partition coefficient (Wildman–Crippen LogP) is 1.30. The Balaban J connectivity index is 2.03. The van der Waals surface area contributed by atoms with Gasteiger partial charge in [0.1, 0.15) is 0 Å². The SMILES string of the molecule is O=C1OC[C@H]2Cc3cccc(F)c3O[C@@H]12. The molecule has 0 bridgehead atoms. The number of hydrogen-bond donors (Lipinski definition) is 0. The van der Waals surface area contributed by atoms with Crippen LogP contribution in [0, 0.1) is 11.7 Å². The lowest BCUT2D eigenvalue weighted by Crippen LogP contribution is -2.34. The molecule has 0 radical (unpaired) electrons. The van der Waals surface area contributed by atoms with Gasteiger partial charge >= 0.3 is 5.97 Å². The second-order valence-electron chi connectivity index (χ2n) is 3.86. The third-order valence-corrected chi connectivity index (χ3v) is 2.88. The Morgan fingerprint density at radius 2 is 2.27 bits per heavy atom. The van der Waals surface area contributed by atoms with Crippen LogP contribution < -0.4 is 4.74 Å². The van der Waals surface area contributed by atoms with Gasteiger partial charge in [-0.25, -0.2) is 9.18 Å². The molecule has 3 nitrogen and oxygen atoms in total. The molecule has 0 amide bonds. The number of rotatable bonds is 0. The summed E-state index contributed by atoms with van der Waals surface area (Å²) in [7, 11) is 0. The van der Waals surface area contributed by atoms with E-state index in [1.54, 1.807) is 6.07 Å². The summed E-state index contributed by atoms with van der Waals surface area (Å²) in [4.78, 5) is 11.3. The van der Waals surface area contributed by atoms with Crippen molar-refractivity contribution in [3.63, 3.8) is 0 Å². The van der Waals surface area contributed by atoms with Gasteiger partial charge in [-0.3, -0.25) is 0 Å². The first-order chi connectivity index (χ1) is 7.25. The number of fused-ring (bicyclic) bond motifs is 2.